The average Bonchev–Trinajstić information content (AvgIpc) is 2.81. The van der Waals surface area contributed by atoms with E-state index in [1.165, 1.54) is 0 Å². The first-order chi connectivity index (χ1) is 15.7. The molecular formula is C19Br3F12. The molecule has 0 N–H and O–H groups in total. The van der Waals surface area contributed by atoms with Gasteiger partial charge >= 0.3 is 0 Å². The van der Waals surface area contributed by atoms with E-state index in [9.17, 15) is 52.7 Å². The molecular weight excluding hydrogens is 696 g/mol. The van der Waals surface area contributed by atoms with Crippen molar-refractivity contribution in [1.29, 1.82) is 0 Å². The number of rotatable bonds is 3. The lowest BCUT2D eigenvalue weighted by molar-refractivity contribution is 0.415. The molecule has 181 valence electrons. The van der Waals surface area contributed by atoms with Gasteiger partial charge in [0.25, 0.3) is 0 Å². The fourth-order valence-corrected chi connectivity index (χ4v) is 3.89. The third-order valence-electron chi connectivity index (χ3n) is 4.38. The fraction of sp³-hybridized carbons (Fsp3) is 0. The van der Waals surface area contributed by atoms with Crippen molar-refractivity contribution in [3.8, 4) is 0 Å². The molecule has 0 aliphatic carbocycles. The van der Waals surface area contributed by atoms with Crippen LogP contribution < -0.4 is 0 Å². The zero-order chi connectivity index (χ0) is 26.0. The smallest absolute Gasteiger partial charge is 0.176 e. The second-order valence-electron chi connectivity index (χ2n) is 6.21. The van der Waals surface area contributed by atoms with Gasteiger partial charge in [0.1, 0.15) is 0 Å². The highest BCUT2D eigenvalue weighted by Crippen LogP contribution is 2.45. The summed E-state index contributed by atoms with van der Waals surface area (Å²) in [6.07, 6.45) is 0. The van der Waals surface area contributed by atoms with Gasteiger partial charge in [-0.1, -0.05) is 0 Å². The van der Waals surface area contributed by atoms with Gasteiger partial charge in [-0.3, -0.25) is 0 Å². The van der Waals surface area contributed by atoms with Gasteiger partial charge in [0.15, 0.2) is 69.8 Å². The first kappa shape index (κ1) is 26.9. The molecule has 0 saturated carbocycles. The van der Waals surface area contributed by atoms with E-state index in [-0.39, 0.29) is 0 Å². The van der Waals surface area contributed by atoms with Crippen LogP contribution in [0.2, 0.25) is 0 Å². The zero-order valence-electron chi connectivity index (χ0n) is 15.2. The van der Waals surface area contributed by atoms with Crippen LogP contribution in [0, 0.1) is 75.7 Å². The summed E-state index contributed by atoms with van der Waals surface area (Å²) in [4.78, 5) is 0. The molecule has 0 heterocycles. The monoisotopic (exact) mass is 693 g/mol. The molecule has 0 aliphatic rings. The number of halogens is 15. The van der Waals surface area contributed by atoms with Gasteiger partial charge in [-0.2, -0.15) is 0 Å². The molecule has 3 aromatic rings. The summed E-state index contributed by atoms with van der Waals surface area (Å²) in [5, 5.41) is 0. The van der Waals surface area contributed by atoms with Crippen molar-refractivity contribution in [3.05, 3.63) is 106 Å². The maximum absolute atomic E-state index is 14.7. The van der Waals surface area contributed by atoms with Gasteiger partial charge < -0.3 is 0 Å². The molecule has 34 heavy (non-hydrogen) atoms. The Balaban J connectivity index is 2.68. The van der Waals surface area contributed by atoms with Gasteiger partial charge in [0, 0.05) is 16.7 Å². The molecule has 0 fully saturated rings. The summed E-state index contributed by atoms with van der Waals surface area (Å²) in [6, 6.07) is 0. The number of hydrogen-bond donors (Lipinski definition) is 0. The minimum atomic E-state index is -2.59. The van der Waals surface area contributed by atoms with Crippen LogP contribution in [0.25, 0.3) is 0 Å². The third-order valence-corrected chi connectivity index (χ3v) is 6.47. The number of benzene rings is 3. The summed E-state index contributed by atoms with van der Waals surface area (Å²) >= 11 is 6.34. The summed E-state index contributed by atoms with van der Waals surface area (Å²) in [5.41, 5.74) is -7.01. The van der Waals surface area contributed by atoms with E-state index in [1.54, 1.807) is 0 Å². The van der Waals surface area contributed by atoms with Crippen LogP contribution in [-0.4, -0.2) is 0 Å². The second-order valence-corrected chi connectivity index (χ2v) is 8.59. The molecule has 0 nitrogen and oxygen atoms in total. The van der Waals surface area contributed by atoms with Crippen LogP contribution in [0.1, 0.15) is 16.7 Å². The van der Waals surface area contributed by atoms with Crippen molar-refractivity contribution in [1.82, 2.24) is 0 Å². The van der Waals surface area contributed by atoms with Gasteiger partial charge in [-0.05, 0) is 47.8 Å². The standard InChI is InChI=1S/C19Br3F12/c20-5-14(29)8(23)2(9(24)15(5)30)1(3-10(25)16(31)6(21)17(32)11(3)26)4-12(27)18(33)7(22)19(34)13(4)28. The molecule has 0 aromatic heterocycles. The third kappa shape index (κ3) is 3.83. The molecule has 1 radical (unpaired) electrons. The predicted molar refractivity (Wildman–Crippen MR) is 102 cm³/mol. The Morgan fingerprint density at radius 1 is 0.294 bits per heavy atom. The summed E-state index contributed by atoms with van der Waals surface area (Å²) < 4.78 is 168. The van der Waals surface area contributed by atoms with E-state index in [0.29, 0.717) is 0 Å². The molecule has 0 aliphatic heterocycles. The van der Waals surface area contributed by atoms with Crippen LogP contribution >= 0.6 is 47.8 Å². The summed E-state index contributed by atoms with van der Waals surface area (Å²) in [5.74, 6) is -31.8. The lowest BCUT2D eigenvalue weighted by atomic mass is 9.82. The Labute approximate surface area is 205 Å². The Morgan fingerprint density at radius 2 is 0.441 bits per heavy atom. The highest BCUT2D eigenvalue weighted by atomic mass is 79.9. The van der Waals surface area contributed by atoms with Crippen LogP contribution in [-0.2, 0) is 0 Å². The highest BCUT2D eigenvalue weighted by Gasteiger charge is 2.42. The Hall–Kier alpha value is -1.74. The largest absolute Gasteiger partial charge is 0.203 e. The molecule has 0 amide bonds. The van der Waals surface area contributed by atoms with E-state index in [4.69, 9.17) is 0 Å². The molecule has 15 heteroatoms. The van der Waals surface area contributed by atoms with Crippen molar-refractivity contribution in [2.45, 2.75) is 0 Å². The van der Waals surface area contributed by atoms with Gasteiger partial charge in [0.05, 0.1) is 19.3 Å². The highest BCUT2D eigenvalue weighted by molar-refractivity contribution is 9.11. The maximum Gasteiger partial charge on any atom is 0.176 e. The molecule has 0 saturated heterocycles. The van der Waals surface area contributed by atoms with Crippen LogP contribution in [0.15, 0.2) is 13.4 Å². The lowest BCUT2D eigenvalue weighted by Gasteiger charge is -2.23. The molecule has 0 spiro atoms. The average molecular weight is 696 g/mol. The molecule has 0 bridgehead atoms. The first-order valence-corrected chi connectivity index (χ1v) is 10.5. The molecule has 0 atom stereocenters. The quantitative estimate of drug-likeness (QED) is 0.111. The van der Waals surface area contributed by atoms with Crippen LogP contribution in [0.3, 0.4) is 0 Å². The van der Waals surface area contributed by atoms with Crippen molar-refractivity contribution >= 4 is 47.8 Å². The van der Waals surface area contributed by atoms with Gasteiger partial charge in [0.2, 0.25) is 0 Å². The predicted octanol–water partition coefficient (Wildman–Crippen LogP) is 8.66. The van der Waals surface area contributed by atoms with Crippen molar-refractivity contribution in [2.24, 2.45) is 0 Å². The minimum absolute atomic E-state index is 1.53. The Morgan fingerprint density at radius 3 is 0.588 bits per heavy atom. The number of hydrogen-bond acceptors (Lipinski definition) is 0. The first-order valence-electron chi connectivity index (χ1n) is 8.08. The van der Waals surface area contributed by atoms with Crippen molar-refractivity contribution in [3.63, 3.8) is 0 Å². The van der Waals surface area contributed by atoms with E-state index in [1.807, 2.05) is 0 Å². The van der Waals surface area contributed by atoms with E-state index in [2.05, 4.69) is 47.8 Å². The Kier molecular flexibility index (Phi) is 7.40. The maximum atomic E-state index is 14.7. The second kappa shape index (κ2) is 9.37. The summed E-state index contributed by atoms with van der Waals surface area (Å²) in [6.45, 7) is 0. The molecule has 3 aromatic carbocycles. The van der Waals surface area contributed by atoms with E-state index in [0.717, 1.165) is 0 Å². The van der Waals surface area contributed by atoms with Crippen LogP contribution in [0.4, 0.5) is 52.7 Å². The Bertz CT molecular complexity index is 1120. The van der Waals surface area contributed by atoms with E-state index >= 15 is 0 Å². The summed E-state index contributed by atoms with van der Waals surface area (Å²) in [7, 11) is 0. The molecule has 0 unspecified atom stereocenters. The van der Waals surface area contributed by atoms with Crippen LogP contribution in [0.5, 0.6) is 0 Å². The fourth-order valence-electron chi connectivity index (χ4n) is 2.85. The van der Waals surface area contributed by atoms with Crippen molar-refractivity contribution in [2.75, 3.05) is 0 Å². The van der Waals surface area contributed by atoms with Gasteiger partial charge in [-0.15, -0.1) is 0 Å². The van der Waals surface area contributed by atoms with Crippen molar-refractivity contribution < 1.29 is 52.7 Å². The van der Waals surface area contributed by atoms with E-state index < -0.39 is 106 Å². The normalized spacial score (nSPS) is 11.6. The molecule has 3 rings (SSSR count). The van der Waals surface area contributed by atoms with Gasteiger partial charge in [-0.25, -0.2) is 52.7 Å². The SMILES string of the molecule is Fc1c(F)c([C](c2c(F)c(F)c(Br)c(F)c2F)c2c(F)c(F)c(Br)c(F)c2F)c(F)c(F)c1Br. The zero-order valence-corrected chi connectivity index (χ0v) is 19.9. The topological polar surface area (TPSA) is 0 Å². The lowest BCUT2D eigenvalue weighted by Crippen LogP contribution is -2.21. The minimum Gasteiger partial charge on any atom is -0.203 e.